The Morgan fingerprint density at radius 3 is 1.79 bits per heavy atom. The summed E-state index contributed by atoms with van der Waals surface area (Å²) in [5, 5.41) is 8.14. The van der Waals surface area contributed by atoms with Gasteiger partial charge in [-0.2, -0.15) is 0 Å². The lowest BCUT2D eigenvalue weighted by atomic mass is 10.1. The summed E-state index contributed by atoms with van der Waals surface area (Å²) in [4.78, 5) is 11.4. The van der Waals surface area contributed by atoms with Gasteiger partial charge in [0.05, 0.1) is 12.7 Å². The van der Waals surface area contributed by atoms with E-state index in [2.05, 4.69) is 21.5 Å². The highest BCUT2D eigenvalue weighted by atomic mass is 16.5. The molecule has 0 N–H and O–H groups in total. The lowest BCUT2D eigenvalue weighted by Crippen LogP contribution is -2.00. The van der Waals surface area contributed by atoms with Gasteiger partial charge in [-0.15, -0.1) is 10.2 Å². The van der Waals surface area contributed by atoms with E-state index in [0.29, 0.717) is 17.3 Å². The van der Waals surface area contributed by atoms with Crippen LogP contribution >= 0.6 is 0 Å². The number of hydrogen-bond acceptors (Lipinski definition) is 5. The first-order valence-corrected chi connectivity index (χ1v) is 7.37. The SMILES string of the molecule is C=C(C)c1ccc(-c2nnc(-c3ccc(C(=O)OC)cc3)o2)cc1. The number of carbonyl (C=O) groups excluding carboxylic acids is 1. The second kappa shape index (κ2) is 6.50. The van der Waals surface area contributed by atoms with Crippen molar-refractivity contribution < 1.29 is 13.9 Å². The number of aromatic nitrogens is 2. The van der Waals surface area contributed by atoms with Gasteiger partial charge in [0.15, 0.2) is 0 Å². The average molecular weight is 320 g/mol. The Hall–Kier alpha value is -3.21. The summed E-state index contributed by atoms with van der Waals surface area (Å²) in [5.41, 5.74) is 4.11. The van der Waals surface area contributed by atoms with Crippen LogP contribution in [0.1, 0.15) is 22.8 Å². The molecule has 0 amide bonds. The van der Waals surface area contributed by atoms with Crippen molar-refractivity contribution in [1.82, 2.24) is 10.2 Å². The van der Waals surface area contributed by atoms with Crippen molar-refractivity contribution in [3.05, 3.63) is 66.2 Å². The predicted molar refractivity (Wildman–Crippen MR) is 91.2 cm³/mol. The molecule has 3 aromatic rings. The minimum Gasteiger partial charge on any atom is -0.465 e. The van der Waals surface area contributed by atoms with Gasteiger partial charge in [-0.1, -0.05) is 24.3 Å². The van der Waals surface area contributed by atoms with Crippen LogP contribution < -0.4 is 0 Å². The third kappa shape index (κ3) is 3.10. The van der Waals surface area contributed by atoms with Gasteiger partial charge < -0.3 is 9.15 Å². The summed E-state index contributed by atoms with van der Waals surface area (Å²) < 4.78 is 10.4. The fourth-order valence-electron chi connectivity index (χ4n) is 2.22. The molecule has 0 saturated carbocycles. The number of rotatable bonds is 4. The molecular weight excluding hydrogens is 304 g/mol. The zero-order valence-electron chi connectivity index (χ0n) is 13.4. The number of carbonyl (C=O) groups is 1. The summed E-state index contributed by atoms with van der Waals surface area (Å²) in [6.45, 7) is 5.87. The van der Waals surface area contributed by atoms with Crippen LogP contribution in [-0.4, -0.2) is 23.3 Å². The number of ether oxygens (including phenoxy) is 1. The van der Waals surface area contributed by atoms with Gasteiger partial charge in [0.2, 0.25) is 11.8 Å². The van der Waals surface area contributed by atoms with Crippen molar-refractivity contribution in [3.8, 4) is 22.9 Å². The Morgan fingerprint density at radius 2 is 1.38 bits per heavy atom. The van der Waals surface area contributed by atoms with Crippen LogP contribution in [0.15, 0.2) is 59.5 Å². The third-order valence-electron chi connectivity index (χ3n) is 3.60. The molecule has 0 saturated heterocycles. The lowest BCUT2D eigenvalue weighted by molar-refractivity contribution is 0.0600. The van der Waals surface area contributed by atoms with Crippen molar-refractivity contribution in [2.75, 3.05) is 7.11 Å². The number of allylic oxidation sites excluding steroid dienone is 1. The molecule has 24 heavy (non-hydrogen) atoms. The van der Waals surface area contributed by atoms with Crippen LogP contribution in [-0.2, 0) is 4.74 Å². The maximum absolute atomic E-state index is 11.4. The lowest BCUT2D eigenvalue weighted by Gasteiger charge is -2.00. The molecule has 0 aliphatic carbocycles. The Labute approximate surface area is 139 Å². The highest BCUT2D eigenvalue weighted by Gasteiger charge is 2.12. The molecule has 0 fully saturated rings. The summed E-state index contributed by atoms with van der Waals surface area (Å²) in [6.07, 6.45) is 0. The maximum Gasteiger partial charge on any atom is 0.337 e. The van der Waals surface area contributed by atoms with Crippen molar-refractivity contribution in [2.24, 2.45) is 0 Å². The fourth-order valence-corrected chi connectivity index (χ4v) is 2.22. The van der Waals surface area contributed by atoms with E-state index >= 15 is 0 Å². The first kappa shape index (κ1) is 15.7. The summed E-state index contributed by atoms with van der Waals surface area (Å²) >= 11 is 0. The maximum atomic E-state index is 11.4. The monoisotopic (exact) mass is 320 g/mol. The Bertz CT molecular complexity index is 878. The van der Waals surface area contributed by atoms with Gasteiger partial charge in [-0.05, 0) is 48.9 Å². The quantitative estimate of drug-likeness (QED) is 0.673. The Balaban J connectivity index is 1.85. The van der Waals surface area contributed by atoms with Crippen LogP contribution in [0, 0.1) is 0 Å². The van der Waals surface area contributed by atoms with E-state index in [9.17, 15) is 4.79 Å². The minimum absolute atomic E-state index is 0.384. The van der Waals surface area contributed by atoms with Gasteiger partial charge in [0.25, 0.3) is 0 Å². The Morgan fingerprint density at radius 1 is 0.917 bits per heavy atom. The minimum atomic E-state index is -0.384. The number of benzene rings is 2. The highest BCUT2D eigenvalue weighted by molar-refractivity contribution is 5.89. The van der Waals surface area contributed by atoms with Gasteiger partial charge in [0, 0.05) is 11.1 Å². The molecule has 0 aliphatic heterocycles. The topological polar surface area (TPSA) is 65.2 Å². The molecule has 1 heterocycles. The van der Waals surface area contributed by atoms with Crippen molar-refractivity contribution in [1.29, 1.82) is 0 Å². The van der Waals surface area contributed by atoms with Crippen molar-refractivity contribution in [2.45, 2.75) is 6.92 Å². The molecule has 2 aromatic carbocycles. The van der Waals surface area contributed by atoms with E-state index in [-0.39, 0.29) is 5.97 Å². The number of methoxy groups -OCH3 is 1. The molecule has 1 aromatic heterocycles. The van der Waals surface area contributed by atoms with Gasteiger partial charge in [-0.3, -0.25) is 0 Å². The molecule has 5 nitrogen and oxygen atoms in total. The molecule has 5 heteroatoms. The summed E-state index contributed by atoms with van der Waals surface area (Å²) in [6, 6.07) is 14.6. The summed E-state index contributed by atoms with van der Waals surface area (Å²) in [7, 11) is 1.35. The van der Waals surface area contributed by atoms with Crippen LogP contribution in [0.25, 0.3) is 28.5 Å². The molecule has 0 bridgehead atoms. The molecule has 0 atom stereocenters. The van der Waals surface area contributed by atoms with Crippen molar-refractivity contribution >= 4 is 11.5 Å². The van der Waals surface area contributed by atoms with Crippen LogP contribution in [0.5, 0.6) is 0 Å². The van der Waals surface area contributed by atoms with Gasteiger partial charge in [-0.25, -0.2) is 4.79 Å². The second-order valence-corrected chi connectivity index (χ2v) is 5.34. The highest BCUT2D eigenvalue weighted by Crippen LogP contribution is 2.25. The van der Waals surface area contributed by atoms with Crippen LogP contribution in [0.3, 0.4) is 0 Å². The van der Waals surface area contributed by atoms with Crippen LogP contribution in [0.4, 0.5) is 0 Å². The zero-order valence-corrected chi connectivity index (χ0v) is 13.4. The smallest absolute Gasteiger partial charge is 0.337 e. The van der Waals surface area contributed by atoms with E-state index in [1.54, 1.807) is 24.3 Å². The van der Waals surface area contributed by atoms with Gasteiger partial charge >= 0.3 is 5.97 Å². The number of hydrogen-bond donors (Lipinski definition) is 0. The van der Waals surface area contributed by atoms with Crippen molar-refractivity contribution in [3.63, 3.8) is 0 Å². The normalized spacial score (nSPS) is 10.4. The third-order valence-corrected chi connectivity index (χ3v) is 3.60. The number of nitrogens with zero attached hydrogens (tertiary/aromatic N) is 2. The standard InChI is InChI=1S/C19H16N2O3/c1-12(2)13-4-6-14(7-5-13)17-20-21-18(24-17)15-8-10-16(11-9-15)19(22)23-3/h4-11H,1H2,2-3H3. The molecule has 120 valence electrons. The Kier molecular flexibility index (Phi) is 4.24. The summed E-state index contributed by atoms with van der Waals surface area (Å²) in [5.74, 6) is 0.450. The molecule has 0 unspecified atom stereocenters. The largest absolute Gasteiger partial charge is 0.465 e. The van der Waals surface area contributed by atoms with E-state index in [1.165, 1.54) is 7.11 Å². The number of esters is 1. The second-order valence-electron chi connectivity index (χ2n) is 5.34. The fraction of sp³-hybridized carbons (Fsp3) is 0.105. The molecule has 0 spiro atoms. The van der Waals surface area contributed by atoms with Gasteiger partial charge in [0.1, 0.15) is 0 Å². The van der Waals surface area contributed by atoms with E-state index in [4.69, 9.17) is 4.42 Å². The molecule has 0 aliphatic rings. The van der Waals surface area contributed by atoms with E-state index in [0.717, 1.165) is 22.3 Å². The molecule has 3 rings (SSSR count). The molecular formula is C19H16N2O3. The van der Waals surface area contributed by atoms with Crippen LogP contribution in [0.2, 0.25) is 0 Å². The molecule has 0 radical (unpaired) electrons. The average Bonchev–Trinajstić information content (AvgIpc) is 3.11. The first-order valence-electron chi connectivity index (χ1n) is 7.37. The first-order chi connectivity index (χ1) is 11.6. The van der Waals surface area contributed by atoms with E-state index < -0.39 is 0 Å². The predicted octanol–water partition coefficient (Wildman–Crippen LogP) is 4.22. The van der Waals surface area contributed by atoms with E-state index in [1.807, 2.05) is 31.2 Å². The zero-order chi connectivity index (χ0) is 17.1.